The van der Waals surface area contributed by atoms with Crippen molar-refractivity contribution in [2.75, 3.05) is 13.8 Å². The topological polar surface area (TPSA) is 72.5 Å². The van der Waals surface area contributed by atoms with E-state index in [9.17, 15) is 17.6 Å². The van der Waals surface area contributed by atoms with Gasteiger partial charge in [-0.1, -0.05) is 26.0 Å². The molecule has 1 aromatic rings. The molecule has 106 valence electrons. The maximum Gasteiger partial charge on any atom is 0.420 e. The summed E-state index contributed by atoms with van der Waals surface area (Å²) in [5, 5.41) is 0. The highest BCUT2D eigenvalue weighted by Gasteiger charge is 2.22. The number of rotatable bonds is 4. The van der Waals surface area contributed by atoms with Crippen LogP contribution in [0.1, 0.15) is 19.4 Å². The Labute approximate surface area is 111 Å². The number of halogens is 1. The van der Waals surface area contributed by atoms with Crippen LogP contribution in [0.2, 0.25) is 0 Å². The number of carbonyl (C=O) groups is 1. The van der Waals surface area contributed by atoms with Gasteiger partial charge in [0.2, 0.25) is 0 Å². The van der Waals surface area contributed by atoms with Crippen molar-refractivity contribution in [3.8, 4) is 0 Å². The molecular weight excluding hydrogens is 273 g/mol. The van der Waals surface area contributed by atoms with Crippen LogP contribution < -0.4 is 4.72 Å². The number of nitrogens with one attached hydrogen (secondary N) is 1. The first-order chi connectivity index (χ1) is 8.73. The van der Waals surface area contributed by atoms with Crippen molar-refractivity contribution in [3.63, 3.8) is 0 Å². The molecule has 1 aromatic carbocycles. The van der Waals surface area contributed by atoms with Gasteiger partial charge in [-0.2, -0.15) is 0 Å². The van der Waals surface area contributed by atoms with Crippen molar-refractivity contribution < 1.29 is 22.3 Å². The normalized spacial score (nSPS) is 12.0. The summed E-state index contributed by atoms with van der Waals surface area (Å²) in [4.78, 5) is 10.8. The molecule has 1 rings (SSSR count). The molecule has 0 radical (unpaired) electrons. The fourth-order valence-corrected chi connectivity index (χ4v) is 2.29. The van der Waals surface area contributed by atoms with E-state index in [-0.39, 0.29) is 4.90 Å². The van der Waals surface area contributed by atoms with E-state index in [4.69, 9.17) is 0 Å². The molecule has 7 heteroatoms. The van der Waals surface area contributed by atoms with Crippen LogP contribution >= 0.6 is 0 Å². The molecule has 1 amide bonds. The van der Waals surface area contributed by atoms with E-state index < -0.39 is 28.2 Å². The van der Waals surface area contributed by atoms with E-state index in [0.717, 1.165) is 7.11 Å². The fourth-order valence-electron chi connectivity index (χ4n) is 1.37. The van der Waals surface area contributed by atoms with Crippen molar-refractivity contribution in [1.29, 1.82) is 0 Å². The molecular formula is C12H16FNO4S. The van der Waals surface area contributed by atoms with Gasteiger partial charge in [0.15, 0.2) is 0 Å². The van der Waals surface area contributed by atoms with Crippen molar-refractivity contribution >= 4 is 16.1 Å². The minimum Gasteiger partial charge on any atom is -0.452 e. The predicted octanol–water partition coefficient (Wildman–Crippen LogP) is 1.98. The molecule has 0 saturated heterocycles. The molecule has 0 unspecified atom stereocenters. The van der Waals surface area contributed by atoms with Gasteiger partial charge in [-0.25, -0.2) is 17.9 Å². The van der Waals surface area contributed by atoms with E-state index >= 15 is 0 Å². The van der Waals surface area contributed by atoms with E-state index in [1.807, 2.05) is 0 Å². The molecule has 1 N–H and O–H groups in total. The van der Waals surface area contributed by atoms with Gasteiger partial charge in [0, 0.05) is 5.41 Å². The third kappa shape index (κ3) is 3.66. The summed E-state index contributed by atoms with van der Waals surface area (Å²) in [5.74, 6) is 0. The molecule has 0 atom stereocenters. The standard InChI is InChI=1S/C12H16FNO4S/c1-12(2,8-13)9-4-6-10(7-5-9)19(16,17)14-11(15)18-3/h4-7H,8H2,1-3H3,(H,14,15). The average molecular weight is 289 g/mol. The largest absolute Gasteiger partial charge is 0.452 e. The molecule has 0 aromatic heterocycles. The van der Waals surface area contributed by atoms with Crippen LogP contribution in [0.4, 0.5) is 9.18 Å². The second-order valence-electron chi connectivity index (χ2n) is 4.64. The first-order valence-electron chi connectivity index (χ1n) is 5.50. The lowest BCUT2D eigenvalue weighted by Crippen LogP contribution is -2.30. The molecule has 0 aliphatic heterocycles. The van der Waals surface area contributed by atoms with Crippen molar-refractivity contribution in [2.24, 2.45) is 0 Å². The van der Waals surface area contributed by atoms with Gasteiger partial charge in [-0.15, -0.1) is 0 Å². The zero-order valence-corrected chi connectivity index (χ0v) is 11.8. The lowest BCUT2D eigenvalue weighted by Gasteiger charge is -2.21. The summed E-state index contributed by atoms with van der Waals surface area (Å²) in [6.07, 6.45) is -1.06. The Bertz CT molecular complexity index is 552. The molecule has 0 aliphatic rings. The number of benzene rings is 1. The first kappa shape index (κ1) is 15.4. The third-order valence-corrected chi connectivity index (χ3v) is 4.01. The smallest absolute Gasteiger partial charge is 0.420 e. The van der Waals surface area contributed by atoms with Crippen LogP contribution in [0.3, 0.4) is 0 Å². The second-order valence-corrected chi connectivity index (χ2v) is 6.32. The summed E-state index contributed by atoms with van der Waals surface area (Å²) in [6.45, 7) is 2.87. The Morgan fingerprint density at radius 1 is 1.32 bits per heavy atom. The summed E-state index contributed by atoms with van der Waals surface area (Å²) in [7, 11) is -2.89. The zero-order chi connectivity index (χ0) is 14.7. The predicted molar refractivity (Wildman–Crippen MR) is 68.2 cm³/mol. The second kappa shape index (κ2) is 5.56. The number of ether oxygens (including phenoxy) is 1. The van der Waals surface area contributed by atoms with Gasteiger partial charge in [0.1, 0.15) is 0 Å². The highest BCUT2D eigenvalue weighted by atomic mass is 32.2. The summed E-state index contributed by atoms with van der Waals surface area (Å²) in [5.41, 5.74) is -0.00931. The van der Waals surface area contributed by atoms with Gasteiger partial charge in [-0.3, -0.25) is 4.39 Å². The number of hydrogen-bond acceptors (Lipinski definition) is 4. The Kier molecular flexibility index (Phi) is 4.52. The zero-order valence-electron chi connectivity index (χ0n) is 10.9. The molecule has 19 heavy (non-hydrogen) atoms. The molecule has 0 heterocycles. The quantitative estimate of drug-likeness (QED) is 0.920. The average Bonchev–Trinajstić information content (AvgIpc) is 2.38. The minimum atomic E-state index is -3.96. The molecule has 0 fully saturated rings. The summed E-state index contributed by atoms with van der Waals surface area (Å²) < 4.78 is 42.3. The first-order valence-corrected chi connectivity index (χ1v) is 6.98. The van der Waals surface area contributed by atoms with Crippen molar-refractivity contribution in [3.05, 3.63) is 29.8 Å². The lowest BCUT2D eigenvalue weighted by molar-refractivity contribution is 0.177. The Morgan fingerprint density at radius 3 is 2.26 bits per heavy atom. The SMILES string of the molecule is COC(=O)NS(=O)(=O)c1ccc(C(C)(C)CF)cc1. The highest BCUT2D eigenvalue weighted by Crippen LogP contribution is 2.24. The van der Waals surface area contributed by atoms with E-state index in [2.05, 4.69) is 4.74 Å². The van der Waals surface area contributed by atoms with Gasteiger partial charge >= 0.3 is 6.09 Å². The van der Waals surface area contributed by atoms with Gasteiger partial charge in [0.05, 0.1) is 18.7 Å². The van der Waals surface area contributed by atoms with Gasteiger partial charge in [0.25, 0.3) is 10.0 Å². The van der Waals surface area contributed by atoms with Crippen molar-refractivity contribution in [1.82, 2.24) is 4.72 Å². The molecule has 0 saturated carbocycles. The van der Waals surface area contributed by atoms with Crippen LogP contribution in [0.15, 0.2) is 29.2 Å². The lowest BCUT2D eigenvalue weighted by atomic mass is 9.86. The molecule has 0 aliphatic carbocycles. The minimum absolute atomic E-state index is 0.0868. The van der Waals surface area contributed by atoms with Crippen LogP contribution in [-0.2, 0) is 20.2 Å². The van der Waals surface area contributed by atoms with Crippen LogP contribution in [-0.4, -0.2) is 28.3 Å². The third-order valence-electron chi connectivity index (χ3n) is 2.68. The number of amides is 1. The monoisotopic (exact) mass is 289 g/mol. The maximum absolute atomic E-state index is 12.8. The molecule has 0 bridgehead atoms. The number of methoxy groups -OCH3 is 1. The van der Waals surface area contributed by atoms with Crippen LogP contribution in [0, 0.1) is 0 Å². The summed E-state index contributed by atoms with van der Waals surface area (Å²) >= 11 is 0. The van der Waals surface area contributed by atoms with E-state index in [1.165, 1.54) is 24.3 Å². The highest BCUT2D eigenvalue weighted by molar-refractivity contribution is 7.90. The van der Waals surface area contributed by atoms with E-state index in [0.29, 0.717) is 5.56 Å². The molecule has 5 nitrogen and oxygen atoms in total. The number of alkyl halides is 1. The number of carbonyl (C=O) groups excluding carboxylic acids is 1. The van der Waals surface area contributed by atoms with Crippen LogP contribution in [0.25, 0.3) is 0 Å². The Hall–Kier alpha value is -1.63. The van der Waals surface area contributed by atoms with Crippen LogP contribution in [0.5, 0.6) is 0 Å². The number of hydrogen-bond donors (Lipinski definition) is 1. The van der Waals surface area contributed by atoms with Crippen molar-refractivity contribution in [2.45, 2.75) is 24.2 Å². The Balaban J connectivity index is 3.02. The Morgan fingerprint density at radius 2 is 1.84 bits per heavy atom. The maximum atomic E-state index is 12.8. The van der Waals surface area contributed by atoms with Gasteiger partial charge < -0.3 is 4.74 Å². The van der Waals surface area contributed by atoms with Gasteiger partial charge in [-0.05, 0) is 17.7 Å². The summed E-state index contributed by atoms with van der Waals surface area (Å²) in [6, 6.07) is 5.67. The fraction of sp³-hybridized carbons (Fsp3) is 0.417. The number of sulfonamides is 1. The van der Waals surface area contributed by atoms with E-state index in [1.54, 1.807) is 18.6 Å². The molecule has 0 spiro atoms.